The molecule has 0 aliphatic heterocycles. The van der Waals surface area contributed by atoms with E-state index in [0.717, 1.165) is 0 Å². The van der Waals surface area contributed by atoms with E-state index in [-0.39, 0.29) is 11.8 Å². The Labute approximate surface area is 132 Å². The molecule has 122 valence electrons. The van der Waals surface area contributed by atoms with Crippen LogP contribution in [0.2, 0.25) is 21.0 Å². The maximum atomic E-state index is 12.2. The van der Waals surface area contributed by atoms with Crippen LogP contribution in [-0.2, 0) is 14.3 Å². The minimum absolute atomic E-state index is 0.00806. The number of hydrogen-bond acceptors (Lipinski definition) is 3. The van der Waals surface area contributed by atoms with Crippen molar-refractivity contribution >= 4 is 25.0 Å². The first kappa shape index (κ1) is 18.7. The monoisotopic (exact) mass is 358 g/mol. The van der Waals surface area contributed by atoms with Gasteiger partial charge in [0.05, 0.1) is 0 Å². The standard InChI is InChI=1S/C17H32GeO3/c1-7-18(8-2,9-3)12-15-11-17(14(5)19,10-13(15)4)16(20)21-6/h13,15H,7-12H2,1-6H3/t13-,15+,17-/m1/s1. The summed E-state index contributed by atoms with van der Waals surface area (Å²) in [6, 6.07) is 0. The molecule has 0 aromatic heterocycles. The quantitative estimate of drug-likeness (QED) is 0.388. The number of rotatable bonds is 7. The van der Waals surface area contributed by atoms with E-state index in [2.05, 4.69) is 27.7 Å². The molecule has 0 bridgehead atoms. The van der Waals surface area contributed by atoms with Gasteiger partial charge in [-0.3, -0.25) is 0 Å². The van der Waals surface area contributed by atoms with Gasteiger partial charge in [-0.1, -0.05) is 0 Å². The van der Waals surface area contributed by atoms with Crippen LogP contribution in [0.5, 0.6) is 0 Å². The van der Waals surface area contributed by atoms with Crippen LogP contribution < -0.4 is 0 Å². The summed E-state index contributed by atoms with van der Waals surface area (Å²) < 4.78 is 4.96. The molecule has 0 aromatic rings. The van der Waals surface area contributed by atoms with Crippen LogP contribution in [0.3, 0.4) is 0 Å². The summed E-state index contributed by atoms with van der Waals surface area (Å²) in [6.07, 6.45) is 1.39. The summed E-state index contributed by atoms with van der Waals surface area (Å²) in [4.78, 5) is 24.4. The molecule has 0 amide bonds. The third-order valence-electron chi connectivity index (χ3n) is 6.28. The van der Waals surface area contributed by atoms with Crippen LogP contribution in [0, 0.1) is 17.3 Å². The van der Waals surface area contributed by atoms with Gasteiger partial charge in [-0.25, -0.2) is 0 Å². The number of hydrogen-bond donors (Lipinski definition) is 0. The normalized spacial score (nSPS) is 29.4. The summed E-state index contributed by atoms with van der Waals surface area (Å²) >= 11 is -1.78. The van der Waals surface area contributed by atoms with Crippen molar-refractivity contribution in [3.63, 3.8) is 0 Å². The topological polar surface area (TPSA) is 43.4 Å². The van der Waals surface area contributed by atoms with Gasteiger partial charge in [0.2, 0.25) is 0 Å². The zero-order chi connectivity index (χ0) is 16.3. The number of esters is 1. The molecule has 4 heteroatoms. The Bertz CT molecular complexity index is 381. The van der Waals surface area contributed by atoms with Crippen LogP contribution in [0.1, 0.15) is 47.5 Å². The molecule has 3 atom stereocenters. The second-order valence-electron chi connectivity index (χ2n) is 7.04. The molecular weight excluding hydrogens is 325 g/mol. The third-order valence-corrected chi connectivity index (χ3v) is 18.6. The fraction of sp³-hybridized carbons (Fsp3) is 0.882. The van der Waals surface area contributed by atoms with Crippen molar-refractivity contribution in [1.82, 2.24) is 0 Å². The van der Waals surface area contributed by atoms with Crippen molar-refractivity contribution in [2.75, 3.05) is 7.11 Å². The molecule has 1 saturated carbocycles. The van der Waals surface area contributed by atoms with Gasteiger partial charge in [0.25, 0.3) is 0 Å². The number of carbonyl (C=O) groups is 2. The molecule has 0 heterocycles. The summed E-state index contributed by atoms with van der Waals surface area (Å²) in [5.74, 6) is 0.647. The van der Waals surface area contributed by atoms with Crippen molar-refractivity contribution in [3.8, 4) is 0 Å². The Balaban J connectivity index is 2.98. The first-order chi connectivity index (χ1) is 9.80. The van der Waals surface area contributed by atoms with E-state index in [0.29, 0.717) is 24.7 Å². The molecule has 1 aliphatic rings. The predicted octanol–water partition coefficient (Wildman–Crippen LogP) is 4.29. The van der Waals surface area contributed by atoms with Crippen LogP contribution in [0.15, 0.2) is 0 Å². The summed E-state index contributed by atoms with van der Waals surface area (Å²) in [5, 5.41) is 5.35. The molecule has 3 nitrogen and oxygen atoms in total. The van der Waals surface area contributed by atoms with Gasteiger partial charge in [-0.05, 0) is 0 Å². The van der Waals surface area contributed by atoms with Crippen LogP contribution in [-0.4, -0.2) is 32.1 Å². The summed E-state index contributed by atoms with van der Waals surface area (Å²) in [7, 11) is 1.40. The molecule has 21 heavy (non-hydrogen) atoms. The minimum atomic E-state index is -1.78. The van der Waals surface area contributed by atoms with Gasteiger partial charge < -0.3 is 0 Å². The molecule has 1 aliphatic carbocycles. The van der Waals surface area contributed by atoms with E-state index in [1.54, 1.807) is 6.92 Å². The fourth-order valence-corrected chi connectivity index (χ4v) is 12.7. The molecule has 0 spiro atoms. The Morgan fingerprint density at radius 3 is 2.05 bits per heavy atom. The van der Waals surface area contributed by atoms with Crippen molar-refractivity contribution in [3.05, 3.63) is 0 Å². The van der Waals surface area contributed by atoms with Gasteiger partial charge in [0.1, 0.15) is 0 Å². The number of methoxy groups -OCH3 is 1. The van der Waals surface area contributed by atoms with Gasteiger partial charge in [-0.15, -0.1) is 0 Å². The summed E-state index contributed by atoms with van der Waals surface area (Å²) in [6.45, 7) is 10.8. The number of ketones is 1. The van der Waals surface area contributed by atoms with Gasteiger partial charge >= 0.3 is 132 Å². The Morgan fingerprint density at radius 1 is 1.14 bits per heavy atom. The van der Waals surface area contributed by atoms with E-state index in [9.17, 15) is 9.59 Å². The predicted molar refractivity (Wildman–Crippen MR) is 89.0 cm³/mol. The first-order valence-electron chi connectivity index (χ1n) is 8.40. The Kier molecular flexibility index (Phi) is 6.51. The Morgan fingerprint density at radius 2 is 1.67 bits per heavy atom. The van der Waals surface area contributed by atoms with E-state index < -0.39 is 18.7 Å². The van der Waals surface area contributed by atoms with Gasteiger partial charge in [0.15, 0.2) is 0 Å². The number of carbonyl (C=O) groups excluding carboxylic acids is 2. The van der Waals surface area contributed by atoms with Gasteiger partial charge in [0, 0.05) is 0 Å². The molecule has 0 aromatic carbocycles. The Hall–Kier alpha value is -0.317. The average Bonchev–Trinajstić information content (AvgIpc) is 2.82. The van der Waals surface area contributed by atoms with Crippen molar-refractivity contribution in [2.45, 2.75) is 68.5 Å². The van der Waals surface area contributed by atoms with Crippen LogP contribution >= 0.6 is 0 Å². The second kappa shape index (κ2) is 7.30. The molecule has 1 rings (SSSR count). The maximum absolute atomic E-state index is 12.2. The van der Waals surface area contributed by atoms with Crippen molar-refractivity contribution < 1.29 is 14.3 Å². The average molecular weight is 357 g/mol. The number of ether oxygens (including phenoxy) is 1. The van der Waals surface area contributed by atoms with Crippen molar-refractivity contribution in [2.24, 2.45) is 17.3 Å². The fourth-order valence-electron chi connectivity index (χ4n) is 4.25. The van der Waals surface area contributed by atoms with E-state index >= 15 is 0 Å². The first-order valence-corrected chi connectivity index (χ1v) is 14.3. The third kappa shape index (κ3) is 3.54. The molecule has 0 N–H and O–H groups in total. The molecular formula is C17H32GeO3. The molecule has 0 radical (unpaired) electrons. The molecule has 1 fully saturated rings. The van der Waals surface area contributed by atoms with E-state index in [1.165, 1.54) is 28.1 Å². The number of Topliss-reactive ketones (excluding diaryl/α,β-unsaturated/α-hetero) is 1. The van der Waals surface area contributed by atoms with Crippen molar-refractivity contribution in [1.29, 1.82) is 0 Å². The van der Waals surface area contributed by atoms with Crippen LogP contribution in [0.4, 0.5) is 0 Å². The molecule has 0 saturated heterocycles. The van der Waals surface area contributed by atoms with Crippen LogP contribution in [0.25, 0.3) is 0 Å². The zero-order valence-electron chi connectivity index (χ0n) is 14.6. The second-order valence-corrected chi connectivity index (χ2v) is 18.6. The van der Waals surface area contributed by atoms with E-state index in [1.807, 2.05) is 0 Å². The van der Waals surface area contributed by atoms with Gasteiger partial charge in [-0.2, -0.15) is 0 Å². The SMILES string of the molecule is C[CH2][Ge]([CH2]C)([CH2]C)[CH2][C@@H]1C[C@](C(C)=O)(C(=O)OC)C[C@H]1C. The summed E-state index contributed by atoms with van der Waals surface area (Å²) in [5.41, 5.74) is -0.859. The molecule has 0 unspecified atom stereocenters. The zero-order valence-corrected chi connectivity index (χ0v) is 16.7. The van der Waals surface area contributed by atoms with E-state index in [4.69, 9.17) is 4.74 Å².